The lowest BCUT2D eigenvalue weighted by Gasteiger charge is -2.14. The molecule has 0 atom stereocenters. The molecular weight excluding hydrogens is 295 g/mol. The van der Waals surface area contributed by atoms with Gasteiger partial charge in [-0.15, -0.1) is 0 Å². The molecule has 0 unspecified atom stereocenters. The summed E-state index contributed by atoms with van der Waals surface area (Å²) in [5.41, 5.74) is 0.147. The molecule has 114 valence electrons. The fourth-order valence-electron chi connectivity index (χ4n) is 1.81. The largest absolute Gasteiger partial charge is 0.417 e. The van der Waals surface area contributed by atoms with E-state index in [2.05, 4.69) is 6.58 Å². The van der Waals surface area contributed by atoms with E-state index in [0.717, 1.165) is 0 Å². The van der Waals surface area contributed by atoms with Crippen molar-refractivity contribution in [2.75, 3.05) is 5.73 Å². The van der Waals surface area contributed by atoms with Crippen LogP contribution in [-0.2, 0) is 12.6 Å². The van der Waals surface area contributed by atoms with Crippen molar-refractivity contribution in [2.45, 2.75) is 19.5 Å². The van der Waals surface area contributed by atoms with Gasteiger partial charge in [-0.3, -0.25) is 20.2 Å². The van der Waals surface area contributed by atoms with Crippen molar-refractivity contribution in [1.29, 1.82) is 0 Å². The highest BCUT2D eigenvalue weighted by molar-refractivity contribution is 5.76. The number of halogens is 3. The number of benzene rings is 1. The standard InChI is InChI=1S/C11H10F3N3O4/c1-5(2)3-6-7(11(12,13)14)4-8(16(18)19)9(15)10(6)17(20)21/h4H,1,3,15H2,2H3. The zero-order valence-corrected chi connectivity index (χ0v) is 10.7. The van der Waals surface area contributed by atoms with Crippen molar-refractivity contribution in [2.24, 2.45) is 0 Å². The molecule has 0 bridgehead atoms. The maximum absolute atomic E-state index is 13.0. The number of nitro groups is 2. The van der Waals surface area contributed by atoms with Gasteiger partial charge < -0.3 is 5.73 Å². The van der Waals surface area contributed by atoms with Crippen molar-refractivity contribution < 1.29 is 23.0 Å². The average molecular weight is 305 g/mol. The summed E-state index contributed by atoms with van der Waals surface area (Å²) in [7, 11) is 0. The van der Waals surface area contributed by atoms with Gasteiger partial charge in [0, 0.05) is 18.1 Å². The number of rotatable bonds is 4. The van der Waals surface area contributed by atoms with E-state index in [9.17, 15) is 33.4 Å². The molecule has 0 aliphatic heterocycles. The van der Waals surface area contributed by atoms with Gasteiger partial charge in [0.25, 0.3) is 5.69 Å². The third kappa shape index (κ3) is 3.27. The minimum absolute atomic E-state index is 0.209. The van der Waals surface area contributed by atoms with Crippen molar-refractivity contribution in [3.63, 3.8) is 0 Å². The molecule has 0 spiro atoms. The minimum Gasteiger partial charge on any atom is -0.387 e. The van der Waals surface area contributed by atoms with Crippen LogP contribution in [0, 0.1) is 20.2 Å². The maximum atomic E-state index is 13.0. The lowest BCUT2D eigenvalue weighted by atomic mass is 9.96. The minimum atomic E-state index is -4.99. The summed E-state index contributed by atoms with van der Waals surface area (Å²) in [5.74, 6) is 0. The van der Waals surface area contributed by atoms with Gasteiger partial charge in [-0.2, -0.15) is 13.2 Å². The lowest BCUT2D eigenvalue weighted by molar-refractivity contribution is -0.393. The third-order valence-corrected chi connectivity index (χ3v) is 2.59. The van der Waals surface area contributed by atoms with Gasteiger partial charge in [0.1, 0.15) is 0 Å². The van der Waals surface area contributed by atoms with Crippen LogP contribution in [0.4, 0.5) is 30.2 Å². The highest BCUT2D eigenvalue weighted by Crippen LogP contribution is 2.44. The first-order valence-corrected chi connectivity index (χ1v) is 5.42. The van der Waals surface area contributed by atoms with E-state index >= 15 is 0 Å². The Hall–Kier alpha value is -2.65. The van der Waals surface area contributed by atoms with E-state index in [1.54, 1.807) is 0 Å². The molecule has 0 aliphatic carbocycles. The van der Waals surface area contributed by atoms with Crippen LogP contribution in [0.15, 0.2) is 18.2 Å². The zero-order chi connectivity index (χ0) is 16.5. The second kappa shape index (κ2) is 5.38. The molecular formula is C11H10F3N3O4. The van der Waals surface area contributed by atoms with Crippen LogP contribution in [0.25, 0.3) is 0 Å². The first kappa shape index (κ1) is 16.4. The molecule has 0 aromatic heterocycles. The molecule has 0 saturated carbocycles. The van der Waals surface area contributed by atoms with Gasteiger partial charge in [0.15, 0.2) is 5.69 Å². The summed E-state index contributed by atoms with van der Waals surface area (Å²) in [6.07, 6.45) is -5.46. The van der Waals surface area contributed by atoms with E-state index in [0.29, 0.717) is 0 Å². The number of nitrogen functional groups attached to an aromatic ring is 1. The number of allylic oxidation sites excluding steroid dienone is 1. The number of anilines is 1. The average Bonchev–Trinajstić information content (AvgIpc) is 2.25. The zero-order valence-electron chi connectivity index (χ0n) is 10.7. The molecule has 7 nitrogen and oxygen atoms in total. The Morgan fingerprint density at radius 1 is 1.33 bits per heavy atom. The van der Waals surface area contributed by atoms with Crippen molar-refractivity contribution in [1.82, 2.24) is 0 Å². The number of nitro benzene ring substituents is 2. The van der Waals surface area contributed by atoms with E-state index in [-0.39, 0.29) is 11.6 Å². The molecule has 2 N–H and O–H groups in total. The van der Waals surface area contributed by atoms with Gasteiger partial charge in [0.05, 0.1) is 15.4 Å². The summed E-state index contributed by atoms with van der Waals surface area (Å²) in [5, 5.41) is 21.7. The van der Waals surface area contributed by atoms with Crippen LogP contribution in [0.3, 0.4) is 0 Å². The predicted molar refractivity (Wildman–Crippen MR) is 67.7 cm³/mol. The Morgan fingerprint density at radius 2 is 1.86 bits per heavy atom. The molecule has 21 heavy (non-hydrogen) atoms. The van der Waals surface area contributed by atoms with E-state index in [4.69, 9.17) is 5.73 Å². The van der Waals surface area contributed by atoms with Crippen LogP contribution < -0.4 is 5.73 Å². The van der Waals surface area contributed by atoms with E-state index < -0.39 is 50.6 Å². The van der Waals surface area contributed by atoms with Crippen LogP contribution >= 0.6 is 0 Å². The van der Waals surface area contributed by atoms with Crippen LogP contribution in [0.2, 0.25) is 0 Å². The first-order chi connectivity index (χ1) is 9.46. The SMILES string of the molecule is C=C(C)Cc1c(C(F)(F)F)cc([N+](=O)[O-])c(N)c1[N+](=O)[O-]. The Labute approximate surface area is 116 Å². The topological polar surface area (TPSA) is 112 Å². The molecule has 10 heteroatoms. The van der Waals surface area contributed by atoms with E-state index in [1.807, 2.05) is 0 Å². The summed E-state index contributed by atoms with van der Waals surface area (Å²) in [6, 6.07) is 0.209. The fourth-order valence-corrected chi connectivity index (χ4v) is 1.81. The number of hydrogen-bond donors (Lipinski definition) is 1. The smallest absolute Gasteiger partial charge is 0.387 e. The molecule has 1 aromatic carbocycles. The normalized spacial score (nSPS) is 11.2. The number of nitrogens with two attached hydrogens (primary N) is 1. The molecule has 0 heterocycles. The van der Waals surface area contributed by atoms with Gasteiger partial charge in [-0.1, -0.05) is 12.2 Å². The van der Waals surface area contributed by atoms with Crippen LogP contribution in [0.5, 0.6) is 0 Å². The van der Waals surface area contributed by atoms with Crippen molar-refractivity contribution in [3.8, 4) is 0 Å². The van der Waals surface area contributed by atoms with Gasteiger partial charge >= 0.3 is 11.9 Å². The monoisotopic (exact) mass is 305 g/mol. The second-order valence-corrected chi connectivity index (χ2v) is 4.33. The molecule has 1 rings (SSSR count). The molecule has 1 aromatic rings. The van der Waals surface area contributed by atoms with Crippen molar-refractivity contribution in [3.05, 3.63) is 49.6 Å². The van der Waals surface area contributed by atoms with Crippen LogP contribution in [0.1, 0.15) is 18.1 Å². The summed E-state index contributed by atoms with van der Waals surface area (Å²) in [4.78, 5) is 19.4. The van der Waals surface area contributed by atoms with Crippen molar-refractivity contribution >= 4 is 17.1 Å². The second-order valence-electron chi connectivity index (χ2n) is 4.33. The maximum Gasteiger partial charge on any atom is 0.417 e. The summed E-state index contributed by atoms with van der Waals surface area (Å²) < 4.78 is 39.0. The molecule has 0 radical (unpaired) electrons. The Morgan fingerprint density at radius 3 is 2.19 bits per heavy atom. The number of hydrogen-bond acceptors (Lipinski definition) is 5. The number of nitrogens with zero attached hydrogens (tertiary/aromatic N) is 2. The van der Waals surface area contributed by atoms with Gasteiger partial charge in [-0.05, 0) is 6.92 Å². The van der Waals surface area contributed by atoms with Gasteiger partial charge in [0.2, 0.25) is 0 Å². The van der Waals surface area contributed by atoms with Gasteiger partial charge in [-0.25, -0.2) is 0 Å². The highest BCUT2D eigenvalue weighted by Gasteiger charge is 2.41. The molecule has 0 amide bonds. The fraction of sp³-hybridized carbons (Fsp3) is 0.273. The Balaban J connectivity index is 3.88. The van der Waals surface area contributed by atoms with Crippen LogP contribution in [-0.4, -0.2) is 9.85 Å². The third-order valence-electron chi connectivity index (χ3n) is 2.59. The Bertz CT molecular complexity index is 641. The molecule has 0 aliphatic rings. The highest BCUT2D eigenvalue weighted by atomic mass is 19.4. The summed E-state index contributed by atoms with van der Waals surface area (Å²) >= 11 is 0. The summed E-state index contributed by atoms with van der Waals surface area (Å²) in [6.45, 7) is 4.77. The predicted octanol–water partition coefficient (Wildman–Crippen LogP) is 3.22. The quantitative estimate of drug-likeness (QED) is 0.397. The molecule has 0 saturated heterocycles. The molecule has 0 fully saturated rings. The number of alkyl halides is 3. The Kier molecular flexibility index (Phi) is 4.21. The first-order valence-electron chi connectivity index (χ1n) is 5.42. The lowest BCUT2D eigenvalue weighted by Crippen LogP contribution is -2.14. The van der Waals surface area contributed by atoms with E-state index in [1.165, 1.54) is 6.92 Å².